The number of benzene rings is 1. The van der Waals surface area contributed by atoms with Crippen molar-refractivity contribution in [2.45, 2.75) is 77.7 Å². The standard InChI is InChI=1S/C24H35BClN5O3Si/c1-15-13-28-23(31-22(15)30-20-9-7-8-16(20)12-27)29-18-10-17(21(25(32)33)19(26)11-18)14-34-35(5,6)24(2,3)4/h10-11,13,16,20,32-33H,7-9,14H2,1-6H3,(H2,28,29,30,31)/t16-,20?/m1/s1. The predicted molar refractivity (Wildman–Crippen MR) is 144 cm³/mol. The number of hydrogen-bond donors (Lipinski definition) is 4. The minimum Gasteiger partial charge on any atom is -0.423 e. The van der Waals surface area contributed by atoms with Gasteiger partial charge in [0.1, 0.15) is 5.82 Å². The molecular weight excluding hydrogens is 481 g/mol. The number of aryl methyl sites for hydroxylation is 1. The molecule has 11 heteroatoms. The van der Waals surface area contributed by atoms with E-state index >= 15 is 0 Å². The molecule has 0 radical (unpaired) electrons. The smallest absolute Gasteiger partial charge is 0.423 e. The Balaban J connectivity index is 1.86. The van der Waals surface area contributed by atoms with Gasteiger partial charge in [0.05, 0.1) is 18.6 Å². The molecule has 0 bridgehead atoms. The number of nitriles is 1. The fourth-order valence-corrected chi connectivity index (χ4v) is 5.16. The molecule has 1 aromatic heterocycles. The van der Waals surface area contributed by atoms with Gasteiger partial charge in [-0.05, 0) is 62.0 Å². The van der Waals surface area contributed by atoms with E-state index in [1.807, 2.05) is 6.92 Å². The van der Waals surface area contributed by atoms with Crippen LogP contribution < -0.4 is 16.1 Å². The lowest BCUT2D eigenvalue weighted by molar-refractivity contribution is 0.276. The lowest BCUT2D eigenvalue weighted by Crippen LogP contribution is -2.42. The highest BCUT2D eigenvalue weighted by atomic mass is 35.5. The summed E-state index contributed by atoms with van der Waals surface area (Å²) in [4.78, 5) is 9.01. The molecule has 0 amide bonds. The zero-order valence-electron chi connectivity index (χ0n) is 21.3. The molecule has 1 heterocycles. The van der Waals surface area contributed by atoms with Crippen molar-refractivity contribution in [3.05, 3.63) is 34.5 Å². The number of halogens is 1. The molecule has 0 spiro atoms. The molecular formula is C24H35BClN5O3Si. The Morgan fingerprint density at radius 2 is 2.00 bits per heavy atom. The van der Waals surface area contributed by atoms with Gasteiger partial charge in [-0.15, -0.1) is 0 Å². The third-order valence-corrected chi connectivity index (χ3v) is 11.9. The topological polar surface area (TPSA) is 123 Å². The van der Waals surface area contributed by atoms with Crippen LogP contribution in [0.25, 0.3) is 0 Å². The average molecular weight is 516 g/mol. The number of nitrogens with one attached hydrogen (secondary N) is 2. The Labute approximate surface area is 214 Å². The maximum atomic E-state index is 9.95. The maximum Gasteiger partial charge on any atom is 0.490 e. The van der Waals surface area contributed by atoms with Gasteiger partial charge in [-0.1, -0.05) is 32.4 Å². The molecule has 188 valence electrons. The van der Waals surface area contributed by atoms with Crippen LogP contribution in [-0.4, -0.2) is 41.5 Å². The van der Waals surface area contributed by atoms with Crippen LogP contribution in [0, 0.1) is 24.2 Å². The predicted octanol–water partition coefficient (Wildman–Crippen LogP) is 4.49. The second-order valence-electron chi connectivity index (χ2n) is 10.7. The number of hydrogen-bond acceptors (Lipinski definition) is 8. The van der Waals surface area contributed by atoms with Crippen LogP contribution in [0.5, 0.6) is 0 Å². The Kier molecular flexibility index (Phi) is 8.50. The third-order valence-electron chi connectivity index (χ3n) is 7.10. The molecule has 1 saturated carbocycles. The summed E-state index contributed by atoms with van der Waals surface area (Å²) >= 11 is 6.45. The van der Waals surface area contributed by atoms with Crippen molar-refractivity contribution in [3.8, 4) is 6.07 Å². The van der Waals surface area contributed by atoms with Gasteiger partial charge >= 0.3 is 7.12 Å². The lowest BCUT2D eigenvalue weighted by Gasteiger charge is -2.36. The Hall–Kier alpha value is -2.16. The normalized spacial score (nSPS) is 18.3. The Bertz CT molecular complexity index is 1100. The molecule has 1 aliphatic carbocycles. The maximum absolute atomic E-state index is 9.95. The number of aromatic nitrogens is 2. The molecule has 1 aliphatic rings. The van der Waals surface area contributed by atoms with Crippen molar-refractivity contribution < 1.29 is 14.5 Å². The molecule has 35 heavy (non-hydrogen) atoms. The van der Waals surface area contributed by atoms with Crippen molar-refractivity contribution in [3.63, 3.8) is 0 Å². The van der Waals surface area contributed by atoms with E-state index < -0.39 is 15.4 Å². The van der Waals surface area contributed by atoms with E-state index in [1.54, 1.807) is 18.3 Å². The first-order chi connectivity index (χ1) is 16.3. The highest BCUT2D eigenvalue weighted by Gasteiger charge is 2.37. The first-order valence-corrected chi connectivity index (χ1v) is 15.2. The van der Waals surface area contributed by atoms with Gasteiger partial charge in [-0.2, -0.15) is 10.2 Å². The molecule has 8 nitrogen and oxygen atoms in total. The fourth-order valence-electron chi connectivity index (χ4n) is 3.87. The minimum atomic E-state index is -2.08. The van der Waals surface area contributed by atoms with Crippen LogP contribution in [0.3, 0.4) is 0 Å². The van der Waals surface area contributed by atoms with Gasteiger partial charge in [-0.25, -0.2) is 4.98 Å². The summed E-state index contributed by atoms with van der Waals surface area (Å²) < 4.78 is 6.32. The molecule has 1 unspecified atom stereocenters. The lowest BCUT2D eigenvalue weighted by atomic mass is 9.77. The summed E-state index contributed by atoms with van der Waals surface area (Å²) in [7, 11) is -3.80. The zero-order chi connectivity index (χ0) is 26.0. The van der Waals surface area contributed by atoms with Gasteiger partial charge in [0.2, 0.25) is 5.95 Å². The highest BCUT2D eigenvalue weighted by molar-refractivity contribution is 6.74. The molecule has 1 fully saturated rings. The van der Waals surface area contributed by atoms with E-state index in [9.17, 15) is 15.3 Å². The molecule has 0 saturated heterocycles. The van der Waals surface area contributed by atoms with Crippen molar-refractivity contribution in [2.75, 3.05) is 10.6 Å². The van der Waals surface area contributed by atoms with Crippen LogP contribution in [0.15, 0.2) is 18.3 Å². The SMILES string of the molecule is Cc1cnc(Nc2cc(Cl)c(B(O)O)c(CO[Si](C)(C)C(C)(C)C)c2)nc1NC1CCC[C@@H]1C#N. The average Bonchev–Trinajstić information content (AvgIpc) is 3.20. The van der Waals surface area contributed by atoms with E-state index in [0.717, 1.165) is 24.8 Å². The van der Waals surface area contributed by atoms with Gasteiger partial charge in [-0.3, -0.25) is 0 Å². The Morgan fingerprint density at radius 1 is 1.29 bits per heavy atom. The van der Waals surface area contributed by atoms with Crippen LogP contribution >= 0.6 is 11.6 Å². The van der Waals surface area contributed by atoms with Crippen LogP contribution in [0.1, 0.15) is 51.2 Å². The van der Waals surface area contributed by atoms with E-state index in [-0.39, 0.29) is 34.1 Å². The van der Waals surface area contributed by atoms with Crippen molar-refractivity contribution in [2.24, 2.45) is 5.92 Å². The molecule has 1 aromatic carbocycles. The fraction of sp³-hybridized carbons (Fsp3) is 0.542. The quantitative estimate of drug-likeness (QED) is 0.379. The molecule has 3 rings (SSSR count). The molecule has 4 N–H and O–H groups in total. The number of nitrogens with zero attached hydrogens (tertiary/aromatic N) is 3. The summed E-state index contributed by atoms with van der Waals surface area (Å²) in [6.45, 7) is 12.9. The van der Waals surface area contributed by atoms with E-state index in [4.69, 9.17) is 16.0 Å². The van der Waals surface area contributed by atoms with E-state index in [2.05, 4.69) is 60.5 Å². The van der Waals surface area contributed by atoms with Crippen LogP contribution in [0.4, 0.5) is 17.5 Å². The minimum absolute atomic E-state index is 0.00760. The third kappa shape index (κ3) is 6.54. The zero-order valence-corrected chi connectivity index (χ0v) is 23.1. The summed E-state index contributed by atoms with van der Waals surface area (Å²) in [5, 5.41) is 36.1. The second-order valence-corrected chi connectivity index (χ2v) is 15.9. The second kappa shape index (κ2) is 10.8. The Morgan fingerprint density at radius 3 is 2.63 bits per heavy atom. The first-order valence-electron chi connectivity index (χ1n) is 11.9. The van der Waals surface area contributed by atoms with E-state index in [1.165, 1.54) is 0 Å². The number of anilines is 3. The summed E-state index contributed by atoms with van der Waals surface area (Å²) in [6, 6.07) is 5.85. The number of rotatable bonds is 8. The van der Waals surface area contributed by atoms with Crippen molar-refractivity contribution in [1.82, 2.24) is 9.97 Å². The van der Waals surface area contributed by atoms with Gasteiger partial charge < -0.3 is 25.1 Å². The largest absolute Gasteiger partial charge is 0.490 e. The molecule has 2 aromatic rings. The molecule has 0 aliphatic heterocycles. The highest BCUT2D eigenvalue weighted by Crippen LogP contribution is 2.37. The summed E-state index contributed by atoms with van der Waals surface area (Å²) in [5.41, 5.74) is 2.32. The monoisotopic (exact) mass is 515 g/mol. The van der Waals surface area contributed by atoms with Crippen molar-refractivity contribution >= 4 is 50.0 Å². The summed E-state index contributed by atoms with van der Waals surface area (Å²) in [6.07, 6.45) is 4.57. The van der Waals surface area contributed by atoms with Gasteiger partial charge in [0, 0.05) is 34.0 Å². The van der Waals surface area contributed by atoms with Crippen LogP contribution in [-0.2, 0) is 11.0 Å². The van der Waals surface area contributed by atoms with Gasteiger partial charge in [0.25, 0.3) is 0 Å². The van der Waals surface area contributed by atoms with E-state index in [0.29, 0.717) is 23.0 Å². The molecule has 2 atom stereocenters. The van der Waals surface area contributed by atoms with Crippen molar-refractivity contribution in [1.29, 1.82) is 5.26 Å². The summed E-state index contributed by atoms with van der Waals surface area (Å²) in [5.74, 6) is 1.03. The van der Waals surface area contributed by atoms with Crippen LogP contribution in [0.2, 0.25) is 23.2 Å². The van der Waals surface area contributed by atoms with Gasteiger partial charge in [0.15, 0.2) is 8.32 Å². The first kappa shape index (κ1) is 27.4.